The second-order valence-corrected chi connectivity index (χ2v) is 6.10. The van der Waals surface area contributed by atoms with Gasteiger partial charge in [0.2, 0.25) is 0 Å². The van der Waals surface area contributed by atoms with Crippen molar-refractivity contribution >= 4 is 11.7 Å². The number of ether oxygens (including phenoxy) is 1. The molecule has 0 unspecified atom stereocenters. The predicted octanol–water partition coefficient (Wildman–Crippen LogP) is 3.06. The van der Waals surface area contributed by atoms with Crippen LogP contribution in [0.3, 0.4) is 0 Å². The summed E-state index contributed by atoms with van der Waals surface area (Å²) in [6.07, 6.45) is -0.380. The summed E-state index contributed by atoms with van der Waals surface area (Å²) < 4.78 is 5.61. The Hall–Kier alpha value is -1.59. The van der Waals surface area contributed by atoms with Crippen molar-refractivity contribution in [1.29, 1.82) is 0 Å². The first-order chi connectivity index (χ1) is 10.3. The van der Waals surface area contributed by atoms with E-state index in [0.717, 1.165) is 16.8 Å². The maximum absolute atomic E-state index is 11.9. The van der Waals surface area contributed by atoms with Crippen molar-refractivity contribution in [2.45, 2.75) is 53.4 Å². The summed E-state index contributed by atoms with van der Waals surface area (Å²) in [5.74, 6) is 0.110. The lowest BCUT2D eigenvalue weighted by atomic mass is 10.1. The number of amides is 2. The molecule has 0 fully saturated rings. The lowest BCUT2D eigenvalue weighted by molar-refractivity contribution is 0.0654. The van der Waals surface area contributed by atoms with Gasteiger partial charge in [-0.1, -0.05) is 26.0 Å². The molecule has 124 valence electrons. The molecular weight excluding hydrogens is 280 g/mol. The summed E-state index contributed by atoms with van der Waals surface area (Å²) in [6, 6.07) is 5.42. The van der Waals surface area contributed by atoms with Crippen LogP contribution in [0.25, 0.3) is 0 Å². The molecule has 0 heterocycles. The maximum atomic E-state index is 11.9. The number of rotatable bonds is 7. The van der Waals surface area contributed by atoms with Crippen LogP contribution in [0.5, 0.6) is 0 Å². The highest BCUT2D eigenvalue weighted by Crippen LogP contribution is 2.20. The number of hydrogen-bond acceptors (Lipinski definition) is 3. The summed E-state index contributed by atoms with van der Waals surface area (Å²) in [6.45, 7) is 10.5. The summed E-state index contributed by atoms with van der Waals surface area (Å²) in [4.78, 5) is 11.9. The van der Waals surface area contributed by atoms with Crippen molar-refractivity contribution in [3.8, 4) is 0 Å². The number of anilines is 1. The Kier molecular flexibility index (Phi) is 7.35. The fraction of sp³-hybridized carbons (Fsp3) is 0.588. The lowest BCUT2D eigenvalue weighted by Crippen LogP contribution is -2.37. The molecule has 1 atom stereocenters. The molecule has 0 radical (unpaired) electrons. The third-order valence-corrected chi connectivity index (χ3v) is 3.51. The van der Waals surface area contributed by atoms with Gasteiger partial charge >= 0.3 is 6.03 Å². The topological polar surface area (TPSA) is 70.6 Å². The Bertz CT molecular complexity index is 487. The normalized spacial score (nSPS) is 12.5. The van der Waals surface area contributed by atoms with Gasteiger partial charge in [0.25, 0.3) is 0 Å². The number of hydrogen-bond donors (Lipinski definition) is 3. The van der Waals surface area contributed by atoms with Gasteiger partial charge in [-0.2, -0.15) is 0 Å². The fourth-order valence-corrected chi connectivity index (χ4v) is 1.83. The molecule has 0 spiro atoms. The number of nitrogens with one attached hydrogen (secondary N) is 2. The van der Waals surface area contributed by atoms with Crippen molar-refractivity contribution in [2.75, 3.05) is 11.9 Å². The molecule has 0 saturated carbocycles. The highest BCUT2D eigenvalue weighted by atomic mass is 16.5. The first-order valence-corrected chi connectivity index (χ1v) is 7.74. The molecule has 0 aliphatic carbocycles. The highest BCUT2D eigenvalue weighted by molar-refractivity contribution is 5.90. The summed E-state index contributed by atoms with van der Waals surface area (Å²) in [5, 5.41) is 15.2. The zero-order valence-electron chi connectivity index (χ0n) is 14.1. The van der Waals surface area contributed by atoms with Crippen LogP contribution >= 0.6 is 0 Å². The summed E-state index contributed by atoms with van der Waals surface area (Å²) >= 11 is 0. The van der Waals surface area contributed by atoms with E-state index < -0.39 is 6.10 Å². The highest BCUT2D eigenvalue weighted by Gasteiger charge is 2.12. The minimum Gasteiger partial charge on any atom is -0.391 e. The van der Waals surface area contributed by atoms with Crippen LogP contribution in [0.2, 0.25) is 0 Å². The molecule has 0 saturated heterocycles. The Morgan fingerprint density at radius 1 is 1.27 bits per heavy atom. The second-order valence-electron chi connectivity index (χ2n) is 6.10. The van der Waals surface area contributed by atoms with Gasteiger partial charge in [0, 0.05) is 12.2 Å². The van der Waals surface area contributed by atoms with Gasteiger partial charge in [0.15, 0.2) is 0 Å². The van der Waals surface area contributed by atoms with Crippen LogP contribution in [-0.2, 0) is 11.3 Å². The Morgan fingerprint density at radius 2 is 1.95 bits per heavy atom. The molecule has 22 heavy (non-hydrogen) atoms. The van der Waals surface area contributed by atoms with Crippen molar-refractivity contribution in [3.63, 3.8) is 0 Å². The SMILES string of the molecule is Cc1c(COC(C)C)cccc1NC(=O)NC[C@@H](O)C(C)C. The van der Waals surface area contributed by atoms with E-state index in [4.69, 9.17) is 4.74 Å². The van der Waals surface area contributed by atoms with Gasteiger partial charge in [-0.05, 0) is 43.9 Å². The van der Waals surface area contributed by atoms with Gasteiger partial charge < -0.3 is 20.5 Å². The zero-order chi connectivity index (χ0) is 16.7. The zero-order valence-corrected chi connectivity index (χ0v) is 14.1. The van der Waals surface area contributed by atoms with E-state index in [1.165, 1.54) is 0 Å². The molecule has 1 rings (SSSR count). The van der Waals surface area contributed by atoms with E-state index >= 15 is 0 Å². The van der Waals surface area contributed by atoms with Crippen molar-refractivity contribution in [3.05, 3.63) is 29.3 Å². The monoisotopic (exact) mass is 308 g/mol. The molecule has 5 heteroatoms. The smallest absolute Gasteiger partial charge is 0.319 e. The van der Waals surface area contributed by atoms with Crippen LogP contribution in [0.15, 0.2) is 18.2 Å². The standard InChI is InChI=1S/C17H28N2O3/c1-11(2)16(20)9-18-17(21)19-15-8-6-7-14(13(15)5)10-22-12(3)4/h6-8,11-12,16,20H,9-10H2,1-5H3,(H2,18,19,21)/t16-/m1/s1. The molecule has 1 aromatic carbocycles. The van der Waals surface area contributed by atoms with Gasteiger partial charge in [0.1, 0.15) is 0 Å². The third kappa shape index (κ3) is 6.03. The molecule has 0 aromatic heterocycles. The second kappa shape index (κ2) is 8.76. The van der Waals surface area contributed by atoms with E-state index in [2.05, 4.69) is 10.6 Å². The van der Waals surface area contributed by atoms with E-state index in [1.807, 2.05) is 52.8 Å². The third-order valence-electron chi connectivity index (χ3n) is 3.51. The van der Waals surface area contributed by atoms with E-state index in [-0.39, 0.29) is 24.6 Å². The molecule has 5 nitrogen and oxygen atoms in total. The fourth-order valence-electron chi connectivity index (χ4n) is 1.83. The minimum absolute atomic E-state index is 0.110. The largest absolute Gasteiger partial charge is 0.391 e. The van der Waals surface area contributed by atoms with Crippen LogP contribution in [0, 0.1) is 12.8 Å². The van der Waals surface area contributed by atoms with E-state index in [1.54, 1.807) is 0 Å². The van der Waals surface area contributed by atoms with Crippen LogP contribution in [0.4, 0.5) is 10.5 Å². The maximum Gasteiger partial charge on any atom is 0.319 e. The lowest BCUT2D eigenvalue weighted by Gasteiger charge is -2.17. The minimum atomic E-state index is -0.544. The molecular formula is C17H28N2O3. The number of aliphatic hydroxyl groups excluding tert-OH is 1. The van der Waals surface area contributed by atoms with Crippen molar-refractivity contribution in [1.82, 2.24) is 5.32 Å². The van der Waals surface area contributed by atoms with E-state index in [0.29, 0.717) is 6.61 Å². The van der Waals surface area contributed by atoms with Gasteiger partial charge in [0.05, 0.1) is 18.8 Å². The molecule has 0 aliphatic heterocycles. The van der Waals surface area contributed by atoms with Gasteiger partial charge in [-0.25, -0.2) is 4.79 Å². The molecule has 0 bridgehead atoms. The predicted molar refractivity (Wildman–Crippen MR) is 89.0 cm³/mol. The average molecular weight is 308 g/mol. The van der Waals surface area contributed by atoms with Crippen LogP contribution in [-0.4, -0.2) is 29.9 Å². The molecule has 0 aliphatic rings. The first-order valence-electron chi connectivity index (χ1n) is 7.74. The number of urea groups is 1. The van der Waals surface area contributed by atoms with E-state index in [9.17, 15) is 9.90 Å². The quantitative estimate of drug-likeness (QED) is 0.725. The van der Waals surface area contributed by atoms with Crippen molar-refractivity contribution < 1.29 is 14.6 Å². The number of benzene rings is 1. The molecule has 1 aromatic rings. The Balaban J connectivity index is 2.61. The number of aliphatic hydroxyl groups is 1. The Morgan fingerprint density at radius 3 is 2.55 bits per heavy atom. The number of carbonyl (C=O) groups excluding carboxylic acids is 1. The summed E-state index contributed by atoms with van der Waals surface area (Å²) in [7, 11) is 0. The van der Waals surface area contributed by atoms with Gasteiger partial charge in [-0.15, -0.1) is 0 Å². The summed E-state index contributed by atoms with van der Waals surface area (Å²) in [5.41, 5.74) is 2.79. The van der Waals surface area contributed by atoms with Gasteiger partial charge in [-0.3, -0.25) is 0 Å². The van der Waals surface area contributed by atoms with Crippen LogP contribution < -0.4 is 10.6 Å². The first kappa shape index (κ1) is 18.5. The molecule has 2 amide bonds. The Labute approximate surface area is 133 Å². The average Bonchev–Trinajstić information content (AvgIpc) is 2.45. The molecule has 3 N–H and O–H groups in total. The van der Waals surface area contributed by atoms with Crippen molar-refractivity contribution in [2.24, 2.45) is 5.92 Å². The van der Waals surface area contributed by atoms with Crippen LogP contribution in [0.1, 0.15) is 38.8 Å². The number of carbonyl (C=O) groups is 1.